The zero-order valence-electron chi connectivity index (χ0n) is 10.4. The van der Waals surface area contributed by atoms with Gasteiger partial charge in [-0.3, -0.25) is 0 Å². The number of benzene rings is 1. The lowest BCUT2D eigenvalue weighted by atomic mass is 9.89. The van der Waals surface area contributed by atoms with E-state index >= 15 is 0 Å². The zero-order chi connectivity index (χ0) is 14.8. The van der Waals surface area contributed by atoms with Crippen LogP contribution in [0.15, 0.2) is 24.3 Å². The normalized spacial score (nSPS) is 13.4. The quantitative estimate of drug-likeness (QED) is 0.678. The average molecular weight is 284 g/mol. The first-order valence-electron chi connectivity index (χ1n) is 5.74. The molecule has 0 aliphatic heterocycles. The van der Waals surface area contributed by atoms with Gasteiger partial charge in [0.15, 0.2) is 5.92 Å². The third-order valence-electron chi connectivity index (χ3n) is 2.65. The van der Waals surface area contributed by atoms with E-state index in [0.717, 1.165) is 6.07 Å². The second-order valence-corrected chi connectivity index (χ2v) is 4.81. The van der Waals surface area contributed by atoms with Crippen LogP contribution in [-0.2, 0) is 6.42 Å². The molecule has 0 aliphatic carbocycles. The summed E-state index contributed by atoms with van der Waals surface area (Å²) in [5.41, 5.74) is -0.603. The van der Waals surface area contributed by atoms with E-state index in [4.69, 9.17) is 0 Å². The molecule has 0 bridgehead atoms. The van der Waals surface area contributed by atoms with Gasteiger partial charge < -0.3 is 0 Å². The highest BCUT2D eigenvalue weighted by molar-refractivity contribution is 5.33. The third kappa shape index (κ3) is 4.14. The molecule has 108 valence electrons. The minimum absolute atomic E-state index is 0.0248. The van der Waals surface area contributed by atoms with Crippen molar-refractivity contribution in [3.8, 4) is 0 Å². The van der Waals surface area contributed by atoms with Crippen LogP contribution in [0, 0.1) is 5.92 Å². The Balaban J connectivity index is 3.31. The Hall–Kier alpha value is -1.20. The summed E-state index contributed by atoms with van der Waals surface area (Å²) < 4.78 is 76.2. The molecule has 0 atom stereocenters. The fourth-order valence-corrected chi connectivity index (χ4v) is 1.98. The molecule has 1 rings (SSSR count). The van der Waals surface area contributed by atoms with Gasteiger partial charge in [-0.2, -0.15) is 26.3 Å². The van der Waals surface area contributed by atoms with Gasteiger partial charge in [0, 0.05) is 0 Å². The highest BCUT2D eigenvalue weighted by Crippen LogP contribution is 2.47. The highest BCUT2D eigenvalue weighted by Gasteiger charge is 2.57. The van der Waals surface area contributed by atoms with Crippen molar-refractivity contribution in [3.05, 3.63) is 35.4 Å². The van der Waals surface area contributed by atoms with Gasteiger partial charge >= 0.3 is 12.4 Å². The number of hydrogen-bond acceptors (Lipinski definition) is 0. The van der Waals surface area contributed by atoms with Gasteiger partial charge in [-0.05, 0) is 23.5 Å². The number of hydrogen-bond donors (Lipinski definition) is 0. The maximum Gasteiger partial charge on any atom is 0.404 e. The van der Waals surface area contributed by atoms with Crippen LogP contribution in [0.2, 0.25) is 0 Å². The zero-order valence-corrected chi connectivity index (χ0v) is 10.4. The first-order chi connectivity index (χ1) is 8.53. The van der Waals surface area contributed by atoms with Crippen LogP contribution in [-0.4, -0.2) is 12.4 Å². The molecule has 0 heterocycles. The number of alkyl halides is 6. The van der Waals surface area contributed by atoms with Crippen LogP contribution in [0.4, 0.5) is 26.3 Å². The van der Waals surface area contributed by atoms with Gasteiger partial charge in [0.05, 0.1) is 0 Å². The average Bonchev–Trinajstić information content (AvgIpc) is 2.15. The Kier molecular flexibility index (Phi) is 4.53. The summed E-state index contributed by atoms with van der Waals surface area (Å²) in [5, 5.41) is 0. The maximum absolute atomic E-state index is 12.7. The van der Waals surface area contributed by atoms with Crippen molar-refractivity contribution in [1.29, 1.82) is 0 Å². The molecule has 6 heteroatoms. The van der Waals surface area contributed by atoms with Crippen LogP contribution in [0.25, 0.3) is 0 Å². The van der Waals surface area contributed by atoms with Crippen LogP contribution in [0.3, 0.4) is 0 Å². The van der Waals surface area contributed by atoms with Gasteiger partial charge in [0.25, 0.3) is 0 Å². The van der Waals surface area contributed by atoms with E-state index in [1.807, 2.05) is 0 Å². The maximum atomic E-state index is 12.7. The summed E-state index contributed by atoms with van der Waals surface area (Å²) in [7, 11) is 0. The Morgan fingerprint density at radius 1 is 0.895 bits per heavy atom. The fraction of sp³-hybridized carbons (Fsp3) is 0.538. The summed E-state index contributed by atoms with van der Waals surface area (Å²) in [5.74, 6) is -3.45. The Morgan fingerprint density at radius 3 is 1.79 bits per heavy atom. The van der Waals surface area contributed by atoms with E-state index in [1.54, 1.807) is 13.8 Å². The minimum Gasteiger partial charge on any atom is -0.170 e. The summed E-state index contributed by atoms with van der Waals surface area (Å²) in [6.45, 7) is 3.49. The van der Waals surface area contributed by atoms with Crippen LogP contribution in [0.1, 0.15) is 30.9 Å². The van der Waals surface area contributed by atoms with E-state index < -0.39 is 23.8 Å². The second-order valence-electron chi connectivity index (χ2n) is 4.81. The first-order valence-corrected chi connectivity index (χ1v) is 5.74. The molecule has 0 amide bonds. The fourth-order valence-electron chi connectivity index (χ4n) is 1.98. The van der Waals surface area contributed by atoms with Crippen LogP contribution >= 0.6 is 0 Å². The van der Waals surface area contributed by atoms with Crippen molar-refractivity contribution >= 4 is 0 Å². The molecule has 0 saturated heterocycles. The molecule has 0 radical (unpaired) electrons. The summed E-state index contributed by atoms with van der Waals surface area (Å²) in [6.07, 6.45) is -10.5. The van der Waals surface area contributed by atoms with E-state index in [1.165, 1.54) is 18.2 Å². The topological polar surface area (TPSA) is 0 Å². The highest BCUT2D eigenvalue weighted by atomic mass is 19.4. The van der Waals surface area contributed by atoms with Crippen molar-refractivity contribution in [2.45, 2.75) is 38.5 Å². The molecule has 1 aromatic carbocycles. The van der Waals surface area contributed by atoms with Gasteiger partial charge in [0.2, 0.25) is 0 Å². The molecular formula is C13H14F6. The smallest absolute Gasteiger partial charge is 0.170 e. The van der Waals surface area contributed by atoms with Crippen molar-refractivity contribution in [2.75, 3.05) is 0 Å². The van der Waals surface area contributed by atoms with Crippen LogP contribution in [0.5, 0.6) is 0 Å². The van der Waals surface area contributed by atoms with Gasteiger partial charge in [-0.15, -0.1) is 0 Å². The largest absolute Gasteiger partial charge is 0.404 e. The minimum atomic E-state index is -5.34. The molecule has 0 nitrogen and oxygen atoms in total. The van der Waals surface area contributed by atoms with Crippen molar-refractivity contribution in [3.63, 3.8) is 0 Å². The molecule has 0 aliphatic rings. The Labute approximate surface area is 107 Å². The van der Waals surface area contributed by atoms with Crippen LogP contribution < -0.4 is 0 Å². The molecule has 19 heavy (non-hydrogen) atoms. The standard InChI is InChI=1S/C13H14F6/c1-8(2)7-9-5-3-4-6-10(9)11(12(14,15)16)13(17,18)19/h3-6,8,11H,7H2,1-2H3. The molecule has 0 N–H and O–H groups in total. The molecule has 0 saturated carbocycles. The van der Waals surface area contributed by atoms with Gasteiger partial charge in [0.1, 0.15) is 0 Å². The Morgan fingerprint density at radius 2 is 1.37 bits per heavy atom. The third-order valence-corrected chi connectivity index (χ3v) is 2.65. The predicted molar refractivity (Wildman–Crippen MR) is 59.8 cm³/mol. The summed E-state index contributed by atoms with van der Waals surface area (Å²) in [6, 6.07) is 4.87. The monoisotopic (exact) mass is 284 g/mol. The number of rotatable bonds is 3. The van der Waals surface area contributed by atoms with Gasteiger partial charge in [-0.1, -0.05) is 38.1 Å². The number of halogens is 6. The molecule has 1 aromatic rings. The lowest BCUT2D eigenvalue weighted by molar-refractivity contribution is -0.253. The Bertz CT molecular complexity index is 402. The lowest BCUT2D eigenvalue weighted by Crippen LogP contribution is -2.35. The molecular weight excluding hydrogens is 270 g/mol. The molecule has 0 aromatic heterocycles. The molecule has 0 fully saturated rings. The summed E-state index contributed by atoms with van der Waals surface area (Å²) in [4.78, 5) is 0. The molecule has 0 spiro atoms. The van der Waals surface area contributed by atoms with Crippen molar-refractivity contribution in [1.82, 2.24) is 0 Å². The van der Waals surface area contributed by atoms with E-state index in [0.29, 0.717) is 0 Å². The van der Waals surface area contributed by atoms with E-state index in [9.17, 15) is 26.3 Å². The van der Waals surface area contributed by atoms with E-state index in [2.05, 4.69) is 0 Å². The van der Waals surface area contributed by atoms with E-state index in [-0.39, 0.29) is 17.9 Å². The van der Waals surface area contributed by atoms with Crippen molar-refractivity contribution in [2.24, 2.45) is 5.92 Å². The van der Waals surface area contributed by atoms with Gasteiger partial charge in [-0.25, -0.2) is 0 Å². The SMILES string of the molecule is CC(C)Cc1ccccc1C(C(F)(F)F)C(F)(F)F. The molecule has 0 unspecified atom stereocenters. The second kappa shape index (κ2) is 5.43. The lowest BCUT2D eigenvalue weighted by Gasteiger charge is -2.25. The first kappa shape index (κ1) is 15.9. The summed E-state index contributed by atoms with van der Waals surface area (Å²) >= 11 is 0. The predicted octanol–water partition coefficient (Wildman–Crippen LogP) is 5.09. The van der Waals surface area contributed by atoms with Crippen molar-refractivity contribution < 1.29 is 26.3 Å².